The van der Waals surface area contributed by atoms with Crippen molar-refractivity contribution in [2.24, 2.45) is 5.92 Å². The second-order valence-corrected chi connectivity index (χ2v) is 4.58. The first-order chi connectivity index (χ1) is 7.66. The van der Waals surface area contributed by atoms with Crippen LogP contribution < -0.4 is 0 Å². The molecule has 0 aromatic carbocycles. The normalized spacial score (nSPS) is 20.6. The number of rotatable bonds is 4. The maximum atomic E-state index is 11.9. The van der Waals surface area contributed by atoms with Crippen molar-refractivity contribution < 1.29 is 9.53 Å². The van der Waals surface area contributed by atoms with Crippen molar-refractivity contribution in [3.8, 4) is 0 Å². The lowest BCUT2D eigenvalue weighted by Gasteiger charge is -2.05. The number of hydrogen-bond donors (Lipinski definition) is 0. The van der Waals surface area contributed by atoms with Crippen LogP contribution in [0.3, 0.4) is 0 Å². The van der Waals surface area contributed by atoms with E-state index in [2.05, 4.69) is 18.9 Å². The van der Waals surface area contributed by atoms with E-state index >= 15 is 0 Å². The third-order valence-electron chi connectivity index (χ3n) is 2.93. The molecule has 2 heterocycles. The highest BCUT2D eigenvalue weighted by Crippen LogP contribution is 2.15. The van der Waals surface area contributed by atoms with Crippen LogP contribution in [-0.4, -0.2) is 28.8 Å². The van der Waals surface area contributed by atoms with Crippen LogP contribution in [0.5, 0.6) is 0 Å². The quantitative estimate of drug-likeness (QED) is 0.777. The van der Waals surface area contributed by atoms with E-state index in [0.29, 0.717) is 19.1 Å². The predicted molar refractivity (Wildman–Crippen MR) is 60.2 cm³/mol. The van der Waals surface area contributed by atoms with Gasteiger partial charge in [0.25, 0.3) is 0 Å². The van der Waals surface area contributed by atoms with Crippen LogP contribution in [0.2, 0.25) is 0 Å². The summed E-state index contributed by atoms with van der Waals surface area (Å²) in [6.07, 6.45) is 3.23. The average molecular weight is 222 g/mol. The lowest BCUT2D eigenvalue weighted by Crippen LogP contribution is -2.17. The van der Waals surface area contributed by atoms with Crippen LogP contribution >= 0.6 is 0 Å². The van der Waals surface area contributed by atoms with Crippen LogP contribution in [0, 0.1) is 5.92 Å². The number of aromatic nitrogens is 2. The van der Waals surface area contributed by atoms with Crippen LogP contribution in [0.25, 0.3) is 0 Å². The van der Waals surface area contributed by atoms with Crippen molar-refractivity contribution in [2.45, 2.75) is 32.7 Å². The Morgan fingerprint density at radius 2 is 2.50 bits per heavy atom. The van der Waals surface area contributed by atoms with Gasteiger partial charge >= 0.3 is 0 Å². The minimum Gasteiger partial charge on any atom is -0.381 e. The lowest BCUT2D eigenvalue weighted by atomic mass is 10.00. The SMILES string of the molecule is CC(C)n1ccc(CC(=O)C2CCOC2)n1. The molecule has 16 heavy (non-hydrogen) atoms. The Balaban J connectivity index is 1.95. The molecule has 0 radical (unpaired) electrons. The molecule has 1 aromatic rings. The summed E-state index contributed by atoms with van der Waals surface area (Å²) in [5.41, 5.74) is 0.866. The number of ketones is 1. The van der Waals surface area contributed by atoms with E-state index in [-0.39, 0.29) is 11.7 Å². The summed E-state index contributed by atoms with van der Waals surface area (Å²) >= 11 is 0. The molecule has 0 bridgehead atoms. The van der Waals surface area contributed by atoms with Crippen LogP contribution in [0.1, 0.15) is 32.0 Å². The Morgan fingerprint density at radius 1 is 1.69 bits per heavy atom. The molecule has 0 amide bonds. The molecular weight excluding hydrogens is 204 g/mol. The van der Waals surface area contributed by atoms with Gasteiger partial charge in [0, 0.05) is 24.8 Å². The van der Waals surface area contributed by atoms with Gasteiger partial charge in [0.2, 0.25) is 0 Å². The third-order valence-corrected chi connectivity index (χ3v) is 2.93. The van der Waals surface area contributed by atoms with Gasteiger partial charge in [0.05, 0.1) is 18.7 Å². The van der Waals surface area contributed by atoms with E-state index in [1.54, 1.807) is 0 Å². The number of carbonyl (C=O) groups excluding carboxylic acids is 1. The highest BCUT2D eigenvalue weighted by molar-refractivity contribution is 5.83. The molecule has 1 unspecified atom stereocenters. The molecule has 0 N–H and O–H groups in total. The number of Topliss-reactive ketones (excluding diaryl/α,β-unsaturated/α-hetero) is 1. The van der Waals surface area contributed by atoms with Crippen molar-refractivity contribution >= 4 is 5.78 Å². The molecule has 1 aromatic heterocycles. The van der Waals surface area contributed by atoms with Crippen molar-refractivity contribution in [3.05, 3.63) is 18.0 Å². The summed E-state index contributed by atoms with van der Waals surface area (Å²) in [6.45, 7) is 5.45. The van der Waals surface area contributed by atoms with Gasteiger partial charge in [-0.25, -0.2) is 0 Å². The Kier molecular flexibility index (Phi) is 3.39. The van der Waals surface area contributed by atoms with Gasteiger partial charge in [-0.3, -0.25) is 9.48 Å². The highest BCUT2D eigenvalue weighted by Gasteiger charge is 2.23. The van der Waals surface area contributed by atoms with Crippen molar-refractivity contribution in [1.82, 2.24) is 9.78 Å². The minimum absolute atomic E-state index is 0.0872. The number of carbonyl (C=O) groups is 1. The Morgan fingerprint density at radius 3 is 3.06 bits per heavy atom. The molecule has 2 rings (SSSR count). The standard InChI is InChI=1S/C12H18N2O2/c1-9(2)14-5-3-11(13-14)7-12(15)10-4-6-16-8-10/h3,5,9-10H,4,6-8H2,1-2H3. The van der Waals surface area contributed by atoms with Crippen LogP contribution in [0.15, 0.2) is 12.3 Å². The molecule has 0 saturated carbocycles. The van der Waals surface area contributed by atoms with Gasteiger partial charge < -0.3 is 4.74 Å². The maximum absolute atomic E-state index is 11.9. The summed E-state index contributed by atoms with van der Waals surface area (Å²) in [4.78, 5) is 11.9. The molecule has 0 spiro atoms. The van der Waals surface area contributed by atoms with Gasteiger partial charge in [-0.15, -0.1) is 0 Å². The first kappa shape index (κ1) is 11.3. The second kappa shape index (κ2) is 4.78. The molecule has 1 saturated heterocycles. The van der Waals surface area contributed by atoms with Gasteiger partial charge in [0.1, 0.15) is 5.78 Å². The fourth-order valence-electron chi connectivity index (χ4n) is 1.87. The summed E-state index contributed by atoms with van der Waals surface area (Å²) in [5, 5.41) is 4.38. The van der Waals surface area contributed by atoms with E-state index in [9.17, 15) is 4.79 Å². The lowest BCUT2D eigenvalue weighted by molar-refractivity contribution is -0.122. The van der Waals surface area contributed by atoms with E-state index in [1.807, 2.05) is 16.9 Å². The first-order valence-corrected chi connectivity index (χ1v) is 5.81. The molecule has 4 heteroatoms. The topological polar surface area (TPSA) is 44.1 Å². The number of nitrogens with zero attached hydrogens (tertiary/aromatic N) is 2. The summed E-state index contributed by atoms with van der Waals surface area (Å²) < 4.78 is 7.10. The van der Waals surface area contributed by atoms with E-state index in [1.165, 1.54) is 0 Å². The fraction of sp³-hybridized carbons (Fsp3) is 0.667. The fourth-order valence-corrected chi connectivity index (χ4v) is 1.87. The van der Waals surface area contributed by atoms with Crippen molar-refractivity contribution in [2.75, 3.05) is 13.2 Å². The van der Waals surface area contributed by atoms with E-state index in [0.717, 1.165) is 18.7 Å². The van der Waals surface area contributed by atoms with Gasteiger partial charge in [-0.1, -0.05) is 0 Å². The molecule has 0 aliphatic carbocycles. The molecule has 1 aliphatic heterocycles. The minimum atomic E-state index is 0.0872. The summed E-state index contributed by atoms with van der Waals surface area (Å²) in [7, 11) is 0. The largest absolute Gasteiger partial charge is 0.381 e. The van der Waals surface area contributed by atoms with E-state index in [4.69, 9.17) is 4.74 Å². The van der Waals surface area contributed by atoms with Crippen molar-refractivity contribution in [3.63, 3.8) is 0 Å². The van der Waals surface area contributed by atoms with Crippen LogP contribution in [0.4, 0.5) is 0 Å². The molecule has 1 aliphatic rings. The Labute approximate surface area is 95.6 Å². The smallest absolute Gasteiger partial charge is 0.144 e. The second-order valence-electron chi connectivity index (χ2n) is 4.58. The zero-order valence-electron chi connectivity index (χ0n) is 9.85. The predicted octanol–water partition coefficient (Wildman–Crippen LogP) is 1.61. The zero-order valence-corrected chi connectivity index (χ0v) is 9.85. The van der Waals surface area contributed by atoms with Crippen LogP contribution in [-0.2, 0) is 16.0 Å². The molecule has 1 fully saturated rings. The van der Waals surface area contributed by atoms with Gasteiger partial charge in [-0.2, -0.15) is 5.10 Å². The third kappa shape index (κ3) is 2.50. The number of ether oxygens (including phenoxy) is 1. The van der Waals surface area contributed by atoms with Gasteiger partial charge in [-0.05, 0) is 26.3 Å². The van der Waals surface area contributed by atoms with Gasteiger partial charge in [0.15, 0.2) is 0 Å². The number of hydrogen-bond acceptors (Lipinski definition) is 3. The molecular formula is C12H18N2O2. The zero-order chi connectivity index (χ0) is 11.5. The summed E-state index contributed by atoms with van der Waals surface area (Å²) in [5.74, 6) is 0.343. The maximum Gasteiger partial charge on any atom is 0.144 e. The molecule has 88 valence electrons. The van der Waals surface area contributed by atoms with Crippen molar-refractivity contribution in [1.29, 1.82) is 0 Å². The Bertz CT molecular complexity index is 365. The highest BCUT2D eigenvalue weighted by atomic mass is 16.5. The summed E-state index contributed by atoms with van der Waals surface area (Å²) in [6, 6.07) is 2.27. The average Bonchev–Trinajstić information content (AvgIpc) is 2.87. The molecule has 1 atom stereocenters. The molecule has 4 nitrogen and oxygen atoms in total. The monoisotopic (exact) mass is 222 g/mol. The first-order valence-electron chi connectivity index (χ1n) is 5.81. The Hall–Kier alpha value is -1.16. The van der Waals surface area contributed by atoms with E-state index < -0.39 is 0 Å².